The number of ether oxygens (including phenoxy) is 1. The number of carbonyl (C=O) groups excluding carboxylic acids is 1. The summed E-state index contributed by atoms with van der Waals surface area (Å²) in [6.45, 7) is 0.561. The summed E-state index contributed by atoms with van der Waals surface area (Å²) in [5.74, 6) is 0.903. The van der Waals surface area contributed by atoms with E-state index < -0.39 is 11.7 Å². The third-order valence-electron chi connectivity index (χ3n) is 5.58. The highest BCUT2D eigenvalue weighted by Gasteiger charge is 2.21. The first-order chi connectivity index (χ1) is 17.0. The summed E-state index contributed by atoms with van der Waals surface area (Å²) in [5.41, 5.74) is 3.13. The molecular formula is C25H25FN6O2S. The third-order valence-corrected chi connectivity index (χ3v) is 6.32. The molecule has 0 saturated carbocycles. The highest BCUT2D eigenvalue weighted by molar-refractivity contribution is 7.98. The van der Waals surface area contributed by atoms with Gasteiger partial charge in [-0.2, -0.15) is 11.8 Å². The smallest absolute Gasteiger partial charge is 0.254 e. The first-order valence-corrected chi connectivity index (χ1v) is 12.3. The Morgan fingerprint density at radius 1 is 1.14 bits per heavy atom. The molecule has 4 rings (SSSR count). The molecule has 0 fully saturated rings. The van der Waals surface area contributed by atoms with Crippen LogP contribution in [0.5, 0.6) is 5.88 Å². The van der Waals surface area contributed by atoms with E-state index in [1.807, 2.05) is 30.5 Å². The number of nitrogens with zero attached hydrogens (tertiary/aromatic N) is 4. The number of hydrogen-bond acceptors (Lipinski definition) is 8. The fourth-order valence-corrected chi connectivity index (χ4v) is 4.56. The summed E-state index contributed by atoms with van der Waals surface area (Å²) in [6, 6.07) is 11.1. The number of aromatic nitrogens is 4. The summed E-state index contributed by atoms with van der Waals surface area (Å²) in [5, 5.41) is 6.40. The van der Waals surface area contributed by atoms with Crippen molar-refractivity contribution in [3.63, 3.8) is 0 Å². The molecule has 4 aromatic rings. The Labute approximate surface area is 206 Å². The molecule has 0 saturated heterocycles. The van der Waals surface area contributed by atoms with Crippen LogP contribution in [0.2, 0.25) is 0 Å². The second kappa shape index (κ2) is 11.1. The SMILES string of the molecule is CNC(=O)c1c(F)cnc2c(C(CNc3cc(-c4ccc(OC)nc4)ncn3)CSC)cccc12. The van der Waals surface area contributed by atoms with E-state index in [0.29, 0.717) is 29.1 Å². The number of para-hydroxylation sites is 1. The summed E-state index contributed by atoms with van der Waals surface area (Å²) < 4.78 is 19.6. The molecule has 3 aromatic heterocycles. The predicted octanol–water partition coefficient (Wildman–Crippen LogP) is 4.15. The minimum atomic E-state index is -0.643. The van der Waals surface area contributed by atoms with Gasteiger partial charge < -0.3 is 15.4 Å². The third kappa shape index (κ3) is 5.32. The van der Waals surface area contributed by atoms with E-state index in [1.54, 1.807) is 37.2 Å². The second-order valence-electron chi connectivity index (χ2n) is 7.71. The Kier molecular flexibility index (Phi) is 7.71. The fourth-order valence-electron chi connectivity index (χ4n) is 3.86. The fraction of sp³-hybridized carbons (Fsp3) is 0.240. The van der Waals surface area contributed by atoms with E-state index in [-0.39, 0.29) is 11.5 Å². The lowest BCUT2D eigenvalue weighted by Gasteiger charge is -2.20. The molecule has 2 N–H and O–H groups in total. The zero-order chi connectivity index (χ0) is 24.8. The number of benzene rings is 1. The highest BCUT2D eigenvalue weighted by atomic mass is 32.2. The van der Waals surface area contributed by atoms with Crippen molar-refractivity contribution < 1.29 is 13.9 Å². The van der Waals surface area contributed by atoms with Gasteiger partial charge in [0.15, 0.2) is 5.82 Å². The van der Waals surface area contributed by atoms with E-state index in [1.165, 1.54) is 13.4 Å². The summed E-state index contributed by atoms with van der Waals surface area (Å²) >= 11 is 1.70. The van der Waals surface area contributed by atoms with Crippen LogP contribution >= 0.6 is 11.8 Å². The molecule has 8 nitrogen and oxygen atoms in total. The molecule has 0 aliphatic heterocycles. The van der Waals surface area contributed by atoms with Crippen LogP contribution in [0.15, 0.2) is 55.1 Å². The van der Waals surface area contributed by atoms with Crippen LogP contribution in [0.4, 0.5) is 10.2 Å². The quantitative estimate of drug-likeness (QED) is 0.359. The molecule has 1 unspecified atom stereocenters. The lowest BCUT2D eigenvalue weighted by molar-refractivity contribution is 0.0960. The van der Waals surface area contributed by atoms with Gasteiger partial charge in [0.1, 0.15) is 12.1 Å². The summed E-state index contributed by atoms with van der Waals surface area (Å²) in [4.78, 5) is 29.6. The van der Waals surface area contributed by atoms with Crippen molar-refractivity contribution >= 4 is 34.4 Å². The zero-order valence-corrected chi connectivity index (χ0v) is 20.4. The molecule has 3 heterocycles. The normalized spacial score (nSPS) is 11.8. The minimum absolute atomic E-state index is 0.00348. The van der Waals surface area contributed by atoms with Crippen LogP contribution in [0.1, 0.15) is 21.8 Å². The Bertz CT molecular complexity index is 1340. The van der Waals surface area contributed by atoms with Gasteiger partial charge in [-0.15, -0.1) is 0 Å². The largest absolute Gasteiger partial charge is 0.481 e. The lowest BCUT2D eigenvalue weighted by atomic mass is 9.95. The van der Waals surface area contributed by atoms with Gasteiger partial charge >= 0.3 is 0 Å². The van der Waals surface area contributed by atoms with E-state index in [4.69, 9.17) is 4.74 Å². The number of fused-ring (bicyclic) bond motifs is 1. The van der Waals surface area contributed by atoms with E-state index in [0.717, 1.165) is 28.8 Å². The zero-order valence-electron chi connectivity index (χ0n) is 19.6. The number of methoxy groups -OCH3 is 1. The van der Waals surface area contributed by atoms with Crippen molar-refractivity contribution in [3.8, 4) is 17.1 Å². The van der Waals surface area contributed by atoms with Crippen LogP contribution < -0.4 is 15.4 Å². The number of anilines is 1. The Balaban J connectivity index is 1.61. The van der Waals surface area contributed by atoms with Crippen molar-refractivity contribution in [2.24, 2.45) is 0 Å². The van der Waals surface area contributed by atoms with Gasteiger partial charge in [0.05, 0.1) is 30.1 Å². The Morgan fingerprint density at radius 3 is 2.71 bits per heavy atom. The predicted molar refractivity (Wildman–Crippen MR) is 137 cm³/mol. The molecule has 0 aliphatic rings. The van der Waals surface area contributed by atoms with Crippen LogP contribution in [0.25, 0.3) is 22.2 Å². The topological polar surface area (TPSA) is 102 Å². The number of pyridine rings is 2. The lowest BCUT2D eigenvalue weighted by Crippen LogP contribution is -2.21. The van der Waals surface area contributed by atoms with E-state index in [2.05, 4.69) is 30.6 Å². The molecule has 35 heavy (non-hydrogen) atoms. The van der Waals surface area contributed by atoms with Gasteiger partial charge in [-0.05, 0) is 17.9 Å². The first kappa shape index (κ1) is 24.3. The Hall–Kier alpha value is -3.79. The van der Waals surface area contributed by atoms with Crippen molar-refractivity contribution in [2.75, 3.05) is 38.0 Å². The maximum Gasteiger partial charge on any atom is 0.254 e. The van der Waals surface area contributed by atoms with Gasteiger partial charge in [0.25, 0.3) is 5.91 Å². The van der Waals surface area contributed by atoms with Crippen molar-refractivity contribution in [2.45, 2.75) is 5.92 Å². The van der Waals surface area contributed by atoms with Crippen LogP contribution in [0, 0.1) is 5.82 Å². The van der Waals surface area contributed by atoms with Crippen molar-refractivity contribution in [1.82, 2.24) is 25.3 Å². The number of halogens is 1. The average Bonchev–Trinajstić information content (AvgIpc) is 2.90. The highest BCUT2D eigenvalue weighted by Crippen LogP contribution is 2.30. The van der Waals surface area contributed by atoms with Crippen LogP contribution in [-0.2, 0) is 0 Å². The number of carbonyl (C=O) groups is 1. The molecule has 1 amide bonds. The standard InChI is InChI=1S/C25H25FN6O2S/c1-27-25(33)23-18-6-4-5-17(24(18)30-12-19(23)26)16(13-35-3)11-28-21-9-20(31-14-32-21)15-7-8-22(34-2)29-10-15/h4-10,12,14,16H,11,13H2,1-3H3,(H,27,33)(H,28,31,32). The molecule has 1 aromatic carbocycles. The Morgan fingerprint density at radius 2 is 2.00 bits per heavy atom. The molecule has 10 heteroatoms. The number of amides is 1. The molecule has 0 aliphatic carbocycles. The van der Waals surface area contributed by atoms with Gasteiger partial charge in [-0.1, -0.05) is 18.2 Å². The van der Waals surface area contributed by atoms with Gasteiger partial charge in [0.2, 0.25) is 5.88 Å². The number of rotatable bonds is 9. The van der Waals surface area contributed by atoms with E-state index in [9.17, 15) is 9.18 Å². The minimum Gasteiger partial charge on any atom is -0.481 e. The van der Waals surface area contributed by atoms with Gasteiger partial charge in [-0.3, -0.25) is 9.78 Å². The summed E-state index contributed by atoms with van der Waals surface area (Å²) in [6.07, 6.45) is 6.34. The molecule has 1 atom stereocenters. The first-order valence-electron chi connectivity index (χ1n) is 10.9. The van der Waals surface area contributed by atoms with Gasteiger partial charge in [0, 0.05) is 54.5 Å². The van der Waals surface area contributed by atoms with Crippen LogP contribution in [0.3, 0.4) is 0 Å². The molecule has 0 radical (unpaired) electrons. The van der Waals surface area contributed by atoms with Crippen LogP contribution in [-0.4, -0.2) is 58.6 Å². The molecule has 180 valence electrons. The maximum atomic E-state index is 14.5. The number of nitrogens with one attached hydrogen (secondary N) is 2. The number of thioether (sulfide) groups is 1. The monoisotopic (exact) mass is 492 g/mol. The average molecular weight is 493 g/mol. The summed E-state index contributed by atoms with van der Waals surface area (Å²) in [7, 11) is 3.05. The molecule has 0 spiro atoms. The molecule has 0 bridgehead atoms. The molecular weight excluding hydrogens is 467 g/mol. The van der Waals surface area contributed by atoms with Crippen molar-refractivity contribution in [1.29, 1.82) is 0 Å². The second-order valence-corrected chi connectivity index (χ2v) is 8.63. The number of hydrogen-bond donors (Lipinski definition) is 2. The van der Waals surface area contributed by atoms with Gasteiger partial charge in [-0.25, -0.2) is 19.3 Å². The van der Waals surface area contributed by atoms with Crippen molar-refractivity contribution in [3.05, 3.63) is 72.1 Å². The maximum absolute atomic E-state index is 14.5. The van der Waals surface area contributed by atoms with E-state index >= 15 is 0 Å².